The summed E-state index contributed by atoms with van der Waals surface area (Å²) in [5.74, 6) is 1.46. The Morgan fingerprint density at radius 1 is 0.812 bits per heavy atom. The van der Waals surface area contributed by atoms with Crippen molar-refractivity contribution in [2.24, 2.45) is 0 Å². The smallest absolute Gasteiger partial charge is 0.338 e. The number of rotatable bonds is 12. The number of carbonyl (C=O) groups is 1. The summed E-state index contributed by atoms with van der Waals surface area (Å²) < 4.78 is 21.9. The SMILES string of the molecule is C=CCOC(=O)c1ccc(OCC(O)COc2ccc(OCc3ccccc3)cc2)cc1. The molecule has 0 aliphatic rings. The van der Waals surface area contributed by atoms with Crippen molar-refractivity contribution < 1.29 is 28.8 Å². The average Bonchev–Trinajstić information content (AvgIpc) is 2.85. The molecule has 0 saturated carbocycles. The van der Waals surface area contributed by atoms with Gasteiger partial charge in [-0.2, -0.15) is 0 Å². The zero-order valence-electron chi connectivity index (χ0n) is 17.7. The van der Waals surface area contributed by atoms with E-state index in [1.807, 2.05) is 42.5 Å². The maximum atomic E-state index is 11.7. The van der Waals surface area contributed by atoms with E-state index in [4.69, 9.17) is 18.9 Å². The van der Waals surface area contributed by atoms with Crippen LogP contribution in [0.4, 0.5) is 0 Å². The normalized spacial score (nSPS) is 11.3. The van der Waals surface area contributed by atoms with Crippen molar-refractivity contribution in [3.63, 3.8) is 0 Å². The summed E-state index contributed by atoms with van der Waals surface area (Å²) in [6.45, 7) is 4.29. The van der Waals surface area contributed by atoms with Crippen molar-refractivity contribution in [3.05, 3.63) is 103 Å². The molecule has 0 saturated heterocycles. The Labute approximate surface area is 187 Å². The molecule has 0 amide bonds. The van der Waals surface area contributed by atoms with Gasteiger partial charge in [-0.25, -0.2) is 4.79 Å². The Balaban J connectivity index is 1.37. The zero-order valence-corrected chi connectivity index (χ0v) is 17.7. The van der Waals surface area contributed by atoms with Gasteiger partial charge >= 0.3 is 5.97 Å². The molecule has 3 rings (SSSR count). The number of aliphatic hydroxyl groups is 1. The van der Waals surface area contributed by atoms with Crippen molar-refractivity contribution in [1.29, 1.82) is 0 Å². The molecule has 6 heteroatoms. The molecule has 6 nitrogen and oxygen atoms in total. The molecular formula is C26H26O6. The lowest BCUT2D eigenvalue weighted by Crippen LogP contribution is -2.25. The van der Waals surface area contributed by atoms with Gasteiger partial charge in [-0.1, -0.05) is 43.0 Å². The van der Waals surface area contributed by atoms with Crippen LogP contribution in [-0.2, 0) is 11.3 Å². The summed E-state index contributed by atoms with van der Waals surface area (Å²) in [7, 11) is 0. The standard InChI is InChI=1S/C26H26O6/c1-2-16-29-26(28)21-8-10-23(11-9-21)31-18-22(27)19-32-25-14-12-24(13-15-25)30-17-20-6-4-3-5-7-20/h2-15,22,27H,1,16-19H2. The van der Waals surface area contributed by atoms with Crippen LogP contribution in [0.15, 0.2) is 91.5 Å². The predicted molar refractivity (Wildman–Crippen MR) is 121 cm³/mol. The molecule has 0 bridgehead atoms. The molecule has 0 fully saturated rings. The van der Waals surface area contributed by atoms with E-state index in [9.17, 15) is 9.90 Å². The summed E-state index contributed by atoms with van der Waals surface area (Å²) in [4.78, 5) is 11.7. The van der Waals surface area contributed by atoms with Crippen LogP contribution in [-0.4, -0.2) is 37.0 Å². The monoisotopic (exact) mass is 434 g/mol. The van der Waals surface area contributed by atoms with Crippen LogP contribution in [0.3, 0.4) is 0 Å². The number of ether oxygens (including phenoxy) is 4. The molecular weight excluding hydrogens is 408 g/mol. The summed E-state index contributed by atoms with van der Waals surface area (Å²) >= 11 is 0. The fraction of sp³-hybridized carbons (Fsp3) is 0.192. The first kappa shape index (κ1) is 22.9. The second kappa shape index (κ2) is 12.2. The highest BCUT2D eigenvalue weighted by Crippen LogP contribution is 2.19. The van der Waals surface area contributed by atoms with Gasteiger partial charge in [0.05, 0.1) is 5.56 Å². The number of esters is 1. The molecule has 0 aromatic heterocycles. The minimum Gasteiger partial charge on any atom is -0.491 e. The van der Waals surface area contributed by atoms with Gasteiger partial charge in [0.2, 0.25) is 0 Å². The molecule has 0 spiro atoms. The van der Waals surface area contributed by atoms with Gasteiger partial charge in [-0.3, -0.25) is 0 Å². The maximum absolute atomic E-state index is 11.7. The van der Waals surface area contributed by atoms with E-state index in [-0.39, 0.29) is 19.8 Å². The molecule has 0 radical (unpaired) electrons. The molecule has 32 heavy (non-hydrogen) atoms. The Morgan fingerprint density at radius 3 is 1.91 bits per heavy atom. The van der Waals surface area contributed by atoms with Crippen LogP contribution in [0.1, 0.15) is 15.9 Å². The lowest BCUT2D eigenvalue weighted by molar-refractivity contribution is 0.0548. The largest absolute Gasteiger partial charge is 0.491 e. The molecule has 0 aliphatic carbocycles. The van der Waals surface area contributed by atoms with Crippen molar-refractivity contribution in [3.8, 4) is 17.2 Å². The van der Waals surface area contributed by atoms with Gasteiger partial charge in [0.25, 0.3) is 0 Å². The summed E-state index contributed by atoms with van der Waals surface area (Å²) in [5.41, 5.74) is 1.51. The van der Waals surface area contributed by atoms with E-state index in [0.29, 0.717) is 23.7 Å². The molecule has 1 unspecified atom stereocenters. The fourth-order valence-corrected chi connectivity index (χ4v) is 2.71. The molecule has 166 valence electrons. The Kier molecular flexibility index (Phi) is 8.71. The van der Waals surface area contributed by atoms with Gasteiger partial charge in [0, 0.05) is 0 Å². The van der Waals surface area contributed by atoms with E-state index in [1.165, 1.54) is 6.08 Å². The quantitative estimate of drug-likeness (QED) is 0.336. The van der Waals surface area contributed by atoms with E-state index < -0.39 is 12.1 Å². The molecule has 1 N–H and O–H groups in total. The van der Waals surface area contributed by atoms with Crippen LogP contribution in [0, 0.1) is 0 Å². The lowest BCUT2D eigenvalue weighted by atomic mass is 10.2. The molecule has 3 aromatic carbocycles. The van der Waals surface area contributed by atoms with Crippen LogP contribution in [0.25, 0.3) is 0 Å². The van der Waals surface area contributed by atoms with Gasteiger partial charge in [0.15, 0.2) is 0 Å². The number of hydrogen-bond acceptors (Lipinski definition) is 6. The van der Waals surface area contributed by atoms with Crippen LogP contribution in [0.5, 0.6) is 17.2 Å². The van der Waals surface area contributed by atoms with Gasteiger partial charge in [-0.15, -0.1) is 0 Å². The van der Waals surface area contributed by atoms with Gasteiger partial charge in [-0.05, 0) is 54.1 Å². The second-order valence-electron chi connectivity index (χ2n) is 6.93. The Morgan fingerprint density at radius 2 is 1.34 bits per heavy atom. The van der Waals surface area contributed by atoms with Gasteiger partial charge < -0.3 is 24.1 Å². The zero-order chi connectivity index (χ0) is 22.6. The predicted octanol–water partition coefficient (Wildman–Crippen LogP) is 4.43. The molecule has 1 atom stereocenters. The number of carbonyl (C=O) groups excluding carboxylic acids is 1. The van der Waals surface area contributed by atoms with E-state index in [0.717, 1.165) is 11.3 Å². The first-order valence-electron chi connectivity index (χ1n) is 10.2. The molecule has 0 aliphatic heterocycles. The van der Waals surface area contributed by atoms with Crippen molar-refractivity contribution >= 4 is 5.97 Å². The average molecular weight is 434 g/mol. The van der Waals surface area contributed by atoms with Crippen molar-refractivity contribution in [2.75, 3.05) is 19.8 Å². The third kappa shape index (κ3) is 7.49. The highest BCUT2D eigenvalue weighted by Gasteiger charge is 2.09. The third-order valence-electron chi connectivity index (χ3n) is 4.38. The molecule has 0 heterocycles. The lowest BCUT2D eigenvalue weighted by Gasteiger charge is -2.14. The van der Waals surface area contributed by atoms with Crippen LogP contribution in [0.2, 0.25) is 0 Å². The van der Waals surface area contributed by atoms with Crippen molar-refractivity contribution in [2.45, 2.75) is 12.7 Å². The third-order valence-corrected chi connectivity index (χ3v) is 4.38. The van der Waals surface area contributed by atoms with Crippen molar-refractivity contribution in [1.82, 2.24) is 0 Å². The molecule has 3 aromatic rings. The van der Waals surface area contributed by atoms with E-state index in [1.54, 1.807) is 36.4 Å². The Bertz CT molecular complexity index is 967. The number of hydrogen-bond donors (Lipinski definition) is 1. The summed E-state index contributed by atoms with van der Waals surface area (Å²) in [5, 5.41) is 10.1. The van der Waals surface area contributed by atoms with Gasteiger partial charge in [0.1, 0.15) is 49.8 Å². The first-order valence-corrected chi connectivity index (χ1v) is 10.2. The second-order valence-corrected chi connectivity index (χ2v) is 6.93. The van der Waals surface area contributed by atoms with E-state index >= 15 is 0 Å². The number of benzene rings is 3. The minimum atomic E-state index is -0.818. The Hall–Kier alpha value is -3.77. The maximum Gasteiger partial charge on any atom is 0.338 e. The summed E-state index contributed by atoms with van der Waals surface area (Å²) in [6, 6.07) is 23.6. The summed E-state index contributed by atoms with van der Waals surface area (Å²) in [6.07, 6.45) is 0.689. The first-order chi connectivity index (χ1) is 15.6. The van der Waals surface area contributed by atoms with Crippen LogP contribution >= 0.6 is 0 Å². The fourth-order valence-electron chi connectivity index (χ4n) is 2.71. The van der Waals surface area contributed by atoms with Crippen LogP contribution < -0.4 is 14.2 Å². The number of aliphatic hydroxyl groups excluding tert-OH is 1. The van der Waals surface area contributed by atoms with E-state index in [2.05, 4.69) is 6.58 Å². The highest BCUT2D eigenvalue weighted by atomic mass is 16.5. The minimum absolute atomic E-state index is 0.0541. The topological polar surface area (TPSA) is 74.2 Å². The highest BCUT2D eigenvalue weighted by molar-refractivity contribution is 5.89.